The third-order valence-electron chi connectivity index (χ3n) is 2.21. The number of nitrogens with one attached hydrogen (secondary N) is 1. The third kappa shape index (κ3) is 2.89. The highest BCUT2D eigenvalue weighted by atomic mass is 32.2. The highest BCUT2D eigenvalue weighted by Gasteiger charge is 2.13. The van der Waals surface area contributed by atoms with Gasteiger partial charge in [-0.1, -0.05) is 0 Å². The topological polar surface area (TPSA) is 88.8 Å². The van der Waals surface area contributed by atoms with E-state index in [4.69, 9.17) is 5.14 Å². The van der Waals surface area contributed by atoms with Crippen molar-refractivity contribution < 1.29 is 12.8 Å². The van der Waals surface area contributed by atoms with Gasteiger partial charge in [-0.15, -0.1) is 0 Å². The van der Waals surface area contributed by atoms with Crippen LogP contribution >= 0.6 is 0 Å². The van der Waals surface area contributed by atoms with Crippen molar-refractivity contribution in [2.75, 3.05) is 0 Å². The van der Waals surface area contributed by atoms with Crippen LogP contribution in [-0.4, -0.2) is 18.6 Å². The zero-order valence-electron chi connectivity index (χ0n) is 8.72. The SMILES string of the molecule is NS(=O)(=O)Cc1cn[nH]c1-c1ccc(F)cc1. The molecule has 1 aromatic carbocycles. The van der Waals surface area contributed by atoms with Gasteiger partial charge in [0.1, 0.15) is 5.82 Å². The van der Waals surface area contributed by atoms with E-state index in [0.29, 0.717) is 16.8 Å². The molecule has 0 bridgehead atoms. The highest BCUT2D eigenvalue weighted by molar-refractivity contribution is 7.88. The van der Waals surface area contributed by atoms with Crippen molar-refractivity contribution in [3.8, 4) is 11.3 Å². The molecule has 0 saturated heterocycles. The summed E-state index contributed by atoms with van der Waals surface area (Å²) < 4.78 is 34.8. The van der Waals surface area contributed by atoms with Gasteiger partial charge in [-0.3, -0.25) is 5.10 Å². The number of H-pyrrole nitrogens is 1. The number of nitrogens with two attached hydrogens (primary N) is 1. The molecular formula is C10H10FN3O2S. The summed E-state index contributed by atoms with van der Waals surface area (Å²) in [6.45, 7) is 0. The fraction of sp³-hybridized carbons (Fsp3) is 0.100. The monoisotopic (exact) mass is 255 g/mol. The summed E-state index contributed by atoms with van der Waals surface area (Å²) in [5, 5.41) is 11.4. The van der Waals surface area contributed by atoms with Crippen molar-refractivity contribution in [1.29, 1.82) is 0 Å². The maximum Gasteiger partial charge on any atom is 0.213 e. The van der Waals surface area contributed by atoms with Crippen LogP contribution in [0.3, 0.4) is 0 Å². The van der Waals surface area contributed by atoms with E-state index in [0.717, 1.165) is 0 Å². The van der Waals surface area contributed by atoms with E-state index in [1.54, 1.807) is 0 Å². The predicted molar refractivity (Wildman–Crippen MR) is 60.8 cm³/mol. The largest absolute Gasteiger partial charge is 0.278 e. The van der Waals surface area contributed by atoms with Gasteiger partial charge >= 0.3 is 0 Å². The molecule has 0 unspecified atom stereocenters. The summed E-state index contributed by atoms with van der Waals surface area (Å²) in [7, 11) is -3.62. The second kappa shape index (κ2) is 4.27. The van der Waals surface area contributed by atoms with Gasteiger partial charge in [0.2, 0.25) is 10.0 Å². The Bertz CT molecular complexity index is 619. The second-order valence-electron chi connectivity index (χ2n) is 3.58. The molecule has 7 heteroatoms. The molecule has 0 radical (unpaired) electrons. The van der Waals surface area contributed by atoms with Crippen LogP contribution in [0.1, 0.15) is 5.56 Å². The number of benzene rings is 1. The summed E-state index contributed by atoms with van der Waals surface area (Å²) in [6.07, 6.45) is 1.39. The van der Waals surface area contributed by atoms with Gasteiger partial charge in [0.15, 0.2) is 0 Å². The van der Waals surface area contributed by atoms with Crippen LogP contribution in [0.5, 0.6) is 0 Å². The summed E-state index contributed by atoms with van der Waals surface area (Å²) in [5.41, 5.74) is 1.64. The lowest BCUT2D eigenvalue weighted by atomic mass is 10.1. The number of hydrogen-bond donors (Lipinski definition) is 2. The lowest BCUT2D eigenvalue weighted by Crippen LogP contribution is -2.14. The Morgan fingerprint density at radius 3 is 2.53 bits per heavy atom. The lowest BCUT2D eigenvalue weighted by molar-refractivity contribution is 0.597. The summed E-state index contributed by atoms with van der Waals surface area (Å²) in [6, 6.07) is 5.65. The molecule has 90 valence electrons. The number of aromatic nitrogens is 2. The van der Waals surface area contributed by atoms with Crippen LogP contribution in [0.15, 0.2) is 30.5 Å². The minimum atomic E-state index is -3.62. The Morgan fingerprint density at radius 1 is 1.29 bits per heavy atom. The molecule has 0 saturated carbocycles. The highest BCUT2D eigenvalue weighted by Crippen LogP contribution is 2.22. The Kier molecular flexibility index (Phi) is 2.95. The minimum absolute atomic E-state index is 0.309. The Morgan fingerprint density at radius 2 is 1.94 bits per heavy atom. The van der Waals surface area contributed by atoms with Gasteiger partial charge in [-0.25, -0.2) is 17.9 Å². The first-order valence-corrected chi connectivity index (χ1v) is 6.46. The van der Waals surface area contributed by atoms with Crippen LogP contribution in [0.4, 0.5) is 4.39 Å². The number of sulfonamides is 1. The molecule has 0 aliphatic carbocycles. The molecule has 1 aromatic heterocycles. The first-order valence-electron chi connectivity index (χ1n) is 4.74. The number of rotatable bonds is 3. The van der Waals surface area contributed by atoms with Gasteiger partial charge < -0.3 is 0 Å². The molecule has 0 amide bonds. The molecule has 17 heavy (non-hydrogen) atoms. The molecule has 0 fully saturated rings. The Labute approximate surface area is 97.5 Å². The van der Waals surface area contributed by atoms with Gasteiger partial charge in [0, 0.05) is 11.1 Å². The van der Waals surface area contributed by atoms with Crippen LogP contribution < -0.4 is 5.14 Å². The van der Waals surface area contributed by atoms with E-state index < -0.39 is 10.0 Å². The zero-order chi connectivity index (χ0) is 12.5. The third-order valence-corrected chi connectivity index (χ3v) is 2.92. The van der Waals surface area contributed by atoms with Gasteiger partial charge in [-0.05, 0) is 24.3 Å². The van der Waals surface area contributed by atoms with Crippen molar-refractivity contribution in [2.24, 2.45) is 5.14 Å². The number of halogens is 1. The summed E-state index contributed by atoms with van der Waals surface area (Å²) in [5.74, 6) is -0.669. The molecule has 0 aliphatic heterocycles. The molecule has 0 aliphatic rings. The molecule has 0 atom stereocenters. The zero-order valence-corrected chi connectivity index (χ0v) is 9.54. The van der Waals surface area contributed by atoms with Crippen LogP contribution in [0, 0.1) is 5.82 Å². The molecule has 5 nitrogen and oxygen atoms in total. The molecule has 2 aromatic rings. The number of nitrogens with zero attached hydrogens (tertiary/aromatic N) is 1. The van der Waals surface area contributed by atoms with Crippen molar-refractivity contribution in [1.82, 2.24) is 10.2 Å². The quantitative estimate of drug-likeness (QED) is 0.857. The van der Waals surface area contributed by atoms with Gasteiger partial charge in [0.05, 0.1) is 17.6 Å². The smallest absolute Gasteiger partial charge is 0.213 e. The lowest BCUT2D eigenvalue weighted by Gasteiger charge is -2.02. The Balaban J connectivity index is 2.40. The average molecular weight is 255 g/mol. The minimum Gasteiger partial charge on any atom is -0.278 e. The van der Waals surface area contributed by atoms with E-state index in [-0.39, 0.29) is 11.6 Å². The Hall–Kier alpha value is -1.73. The normalized spacial score (nSPS) is 11.6. The molecular weight excluding hydrogens is 245 g/mol. The fourth-order valence-corrected chi connectivity index (χ4v) is 2.16. The van der Waals surface area contributed by atoms with Gasteiger partial charge in [-0.2, -0.15) is 5.10 Å². The first kappa shape index (κ1) is 11.7. The maximum atomic E-state index is 12.8. The fourth-order valence-electron chi connectivity index (χ4n) is 1.50. The van der Waals surface area contributed by atoms with E-state index >= 15 is 0 Å². The van der Waals surface area contributed by atoms with Gasteiger partial charge in [0.25, 0.3) is 0 Å². The first-order chi connectivity index (χ1) is 7.96. The van der Waals surface area contributed by atoms with E-state index in [1.165, 1.54) is 30.5 Å². The van der Waals surface area contributed by atoms with Crippen molar-refractivity contribution in [2.45, 2.75) is 5.75 Å². The van der Waals surface area contributed by atoms with E-state index in [9.17, 15) is 12.8 Å². The molecule has 1 heterocycles. The molecule has 2 rings (SSSR count). The van der Waals surface area contributed by atoms with Crippen LogP contribution in [-0.2, 0) is 15.8 Å². The predicted octanol–water partition coefficient (Wildman–Crippen LogP) is 1.00. The van der Waals surface area contributed by atoms with E-state index in [2.05, 4.69) is 10.2 Å². The number of hydrogen-bond acceptors (Lipinski definition) is 3. The summed E-state index contributed by atoms with van der Waals surface area (Å²) in [4.78, 5) is 0. The number of primary sulfonamides is 1. The second-order valence-corrected chi connectivity index (χ2v) is 5.20. The van der Waals surface area contributed by atoms with E-state index in [1.807, 2.05) is 0 Å². The van der Waals surface area contributed by atoms with Crippen molar-refractivity contribution in [3.05, 3.63) is 41.8 Å². The van der Waals surface area contributed by atoms with Crippen molar-refractivity contribution in [3.63, 3.8) is 0 Å². The number of aromatic amines is 1. The summed E-state index contributed by atoms with van der Waals surface area (Å²) >= 11 is 0. The van der Waals surface area contributed by atoms with Crippen LogP contribution in [0.25, 0.3) is 11.3 Å². The van der Waals surface area contributed by atoms with Crippen molar-refractivity contribution >= 4 is 10.0 Å². The maximum absolute atomic E-state index is 12.8. The molecule has 3 N–H and O–H groups in total. The average Bonchev–Trinajstić information content (AvgIpc) is 2.64. The molecule has 0 spiro atoms. The van der Waals surface area contributed by atoms with Crippen LogP contribution in [0.2, 0.25) is 0 Å². The standard InChI is InChI=1S/C10H10FN3O2S/c11-9-3-1-7(2-4-9)10-8(5-13-14-10)6-17(12,15)16/h1-5H,6H2,(H,13,14)(H2,12,15,16).